The van der Waals surface area contributed by atoms with Crippen LogP contribution in [0.4, 0.5) is 0 Å². The molecule has 0 aromatic heterocycles. The van der Waals surface area contributed by atoms with E-state index in [0.29, 0.717) is 10.6 Å². The summed E-state index contributed by atoms with van der Waals surface area (Å²) in [5.74, 6) is -0.280. The van der Waals surface area contributed by atoms with E-state index in [1.807, 2.05) is 31.2 Å². The van der Waals surface area contributed by atoms with Crippen molar-refractivity contribution in [2.24, 2.45) is 5.10 Å². The van der Waals surface area contributed by atoms with Crippen molar-refractivity contribution in [1.82, 2.24) is 5.43 Å². The number of amides is 1. The van der Waals surface area contributed by atoms with Crippen LogP contribution in [0, 0.1) is 3.57 Å². The number of carbonyl (C=O) groups is 1. The summed E-state index contributed by atoms with van der Waals surface area (Å²) >= 11 is 8.09. The van der Waals surface area contributed by atoms with Crippen molar-refractivity contribution in [1.29, 1.82) is 0 Å². The van der Waals surface area contributed by atoms with E-state index in [9.17, 15) is 4.79 Å². The minimum Gasteiger partial charge on any atom is -0.267 e. The average molecular weight is 399 g/mol. The van der Waals surface area contributed by atoms with Gasteiger partial charge in [0.2, 0.25) is 0 Å². The van der Waals surface area contributed by atoms with Gasteiger partial charge in [-0.1, -0.05) is 29.8 Å². The van der Waals surface area contributed by atoms with Crippen molar-refractivity contribution in [3.8, 4) is 0 Å². The van der Waals surface area contributed by atoms with Gasteiger partial charge >= 0.3 is 0 Å². The number of rotatable bonds is 3. The Morgan fingerprint density at radius 3 is 2.50 bits per heavy atom. The maximum Gasteiger partial charge on any atom is 0.271 e. The van der Waals surface area contributed by atoms with Crippen molar-refractivity contribution in [3.63, 3.8) is 0 Å². The molecule has 2 aromatic carbocycles. The molecule has 3 nitrogen and oxygen atoms in total. The largest absolute Gasteiger partial charge is 0.271 e. The SMILES string of the molecule is C/C(=N/NC(=O)c1cccc(Cl)c1)c1ccc(I)cc1. The van der Waals surface area contributed by atoms with Gasteiger partial charge in [0.15, 0.2) is 0 Å². The number of benzene rings is 2. The summed E-state index contributed by atoms with van der Waals surface area (Å²) in [5, 5.41) is 4.63. The van der Waals surface area contributed by atoms with E-state index >= 15 is 0 Å². The summed E-state index contributed by atoms with van der Waals surface area (Å²) in [6.45, 7) is 1.85. The quantitative estimate of drug-likeness (QED) is 0.472. The molecular weight excluding hydrogens is 387 g/mol. The highest BCUT2D eigenvalue weighted by molar-refractivity contribution is 14.1. The molecule has 102 valence electrons. The fraction of sp³-hybridized carbons (Fsp3) is 0.0667. The molecule has 5 heteroatoms. The zero-order valence-electron chi connectivity index (χ0n) is 10.7. The van der Waals surface area contributed by atoms with Crippen molar-refractivity contribution in [2.45, 2.75) is 6.92 Å². The lowest BCUT2D eigenvalue weighted by molar-refractivity contribution is 0.0955. The van der Waals surface area contributed by atoms with Gasteiger partial charge in [-0.3, -0.25) is 4.79 Å². The summed E-state index contributed by atoms with van der Waals surface area (Å²) in [6.07, 6.45) is 0. The first-order chi connectivity index (χ1) is 9.56. The summed E-state index contributed by atoms with van der Waals surface area (Å²) in [5.41, 5.74) is 4.73. The first kappa shape index (κ1) is 15.0. The molecule has 2 aromatic rings. The summed E-state index contributed by atoms with van der Waals surface area (Å²) in [4.78, 5) is 11.9. The fourth-order valence-corrected chi connectivity index (χ4v) is 2.13. The third-order valence-corrected chi connectivity index (χ3v) is 3.63. The van der Waals surface area contributed by atoms with Crippen LogP contribution in [0.25, 0.3) is 0 Å². The molecule has 20 heavy (non-hydrogen) atoms. The molecule has 0 aliphatic rings. The Balaban J connectivity index is 2.08. The van der Waals surface area contributed by atoms with Gasteiger partial charge < -0.3 is 0 Å². The molecule has 2 rings (SSSR count). The van der Waals surface area contributed by atoms with Gasteiger partial charge in [-0.2, -0.15) is 5.10 Å². The third-order valence-electron chi connectivity index (χ3n) is 2.67. The third kappa shape index (κ3) is 4.05. The minimum absolute atomic E-state index is 0.280. The molecule has 1 amide bonds. The van der Waals surface area contributed by atoms with Crippen LogP contribution in [0.1, 0.15) is 22.8 Å². The van der Waals surface area contributed by atoms with E-state index in [4.69, 9.17) is 11.6 Å². The second kappa shape index (κ2) is 6.85. The minimum atomic E-state index is -0.280. The normalized spacial score (nSPS) is 11.2. The van der Waals surface area contributed by atoms with Crippen molar-refractivity contribution >= 4 is 45.8 Å². The summed E-state index contributed by atoms with van der Waals surface area (Å²) in [7, 11) is 0. The first-order valence-corrected chi connectivity index (χ1v) is 7.38. The van der Waals surface area contributed by atoms with E-state index in [1.165, 1.54) is 0 Å². The van der Waals surface area contributed by atoms with Crippen LogP contribution in [0.5, 0.6) is 0 Å². The molecule has 0 spiro atoms. The number of hydrogen-bond acceptors (Lipinski definition) is 2. The van der Waals surface area contributed by atoms with Crippen LogP contribution >= 0.6 is 34.2 Å². The predicted molar refractivity (Wildman–Crippen MR) is 90.3 cm³/mol. The smallest absolute Gasteiger partial charge is 0.267 e. The Hall–Kier alpha value is -1.40. The number of hydrogen-bond donors (Lipinski definition) is 1. The highest BCUT2D eigenvalue weighted by Gasteiger charge is 2.05. The highest BCUT2D eigenvalue weighted by atomic mass is 127. The van der Waals surface area contributed by atoms with Crippen LogP contribution in [0.2, 0.25) is 5.02 Å². The fourth-order valence-electron chi connectivity index (χ4n) is 1.58. The Kier molecular flexibility index (Phi) is 5.14. The second-order valence-corrected chi connectivity index (χ2v) is 5.84. The molecule has 0 aliphatic heterocycles. The molecule has 0 bridgehead atoms. The number of nitrogens with one attached hydrogen (secondary N) is 1. The molecule has 0 saturated heterocycles. The predicted octanol–water partition coefficient (Wildman–Crippen LogP) is 4.10. The van der Waals surface area contributed by atoms with E-state index in [2.05, 4.69) is 33.1 Å². The molecule has 0 radical (unpaired) electrons. The van der Waals surface area contributed by atoms with Gasteiger partial charge in [-0.25, -0.2) is 5.43 Å². The van der Waals surface area contributed by atoms with Crippen molar-refractivity contribution in [3.05, 3.63) is 68.3 Å². The monoisotopic (exact) mass is 398 g/mol. The maximum absolute atomic E-state index is 11.9. The van der Waals surface area contributed by atoms with Gasteiger partial charge in [0.05, 0.1) is 5.71 Å². The summed E-state index contributed by atoms with van der Waals surface area (Å²) in [6, 6.07) is 14.7. The van der Waals surface area contributed by atoms with Gasteiger partial charge in [0, 0.05) is 14.2 Å². The zero-order chi connectivity index (χ0) is 14.5. The first-order valence-electron chi connectivity index (χ1n) is 5.92. The number of nitrogens with zero attached hydrogens (tertiary/aromatic N) is 1. The Morgan fingerprint density at radius 2 is 1.85 bits per heavy atom. The zero-order valence-corrected chi connectivity index (χ0v) is 13.6. The van der Waals surface area contributed by atoms with Gasteiger partial charge in [0.1, 0.15) is 0 Å². The number of carbonyl (C=O) groups excluding carboxylic acids is 1. The van der Waals surface area contributed by atoms with Crippen molar-refractivity contribution < 1.29 is 4.79 Å². The molecular formula is C15H12ClIN2O. The van der Waals surface area contributed by atoms with Gasteiger partial charge in [0.25, 0.3) is 5.91 Å². The van der Waals surface area contributed by atoms with Crippen LogP contribution in [0.3, 0.4) is 0 Å². The van der Waals surface area contributed by atoms with Crippen LogP contribution in [0.15, 0.2) is 53.6 Å². The molecule has 0 fully saturated rings. The molecule has 1 N–H and O–H groups in total. The lowest BCUT2D eigenvalue weighted by atomic mass is 10.1. The molecule has 0 atom stereocenters. The van der Waals surface area contributed by atoms with Crippen LogP contribution in [-0.2, 0) is 0 Å². The molecule has 0 heterocycles. The average Bonchev–Trinajstić information content (AvgIpc) is 2.45. The lowest BCUT2D eigenvalue weighted by Gasteiger charge is -2.03. The van der Waals surface area contributed by atoms with Gasteiger partial charge in [-0.05, 0) is 65.4 Å². The molecule has 0 aliphatic carbocycles. The second-order valence-electron chi connectivity index (χ2n) is 4.16. The Labute approximate surface area is 136 Å². The standard InChI is InChI=1S/C15H12ClIN2O/c1-10(11-5-7-14(17)8-6-11)18-19-15(20)12-3-2-4-13(16)9-12/h2-9H,1H3,(H,19,20)/b18-10-. The molecule has 0 saturated carbocycles. The van der Waals surface area contributed by atoms with E-state index in [-0.39, 0.29) is 5.91 Å². The summed E-state index contributed by atoms with van der Waals surface area (Å²) < 4.78 is 1.15. The number of hydrazone groups is 1. The van der Waals surface area contributed by atoms with E-state index in [0.717, 1.165) is 14.8 Å². The van der Waals surface area contributed by atoms with E-state index < -0.39 is 0 Å². The Morgan fingerprint density at radius 1 is 1.15 bits per heavy atom. The lowest BCUT2D eigenvalue weighted by Crippen LogP contribution is -2.19. The van der Waals surface area contributed by atoms with Crippen LogP contribution < -0.4 is 5.43 Å². The number of halogens is 2. The highest BCUT2D eigenvalue weighted by Crippen LogP contribution is 2.11. The topological polar surface area (TPSA) is 41.5 Å². The maximum atomic E-state index is 11.9. The van der Waals surface area contributed by atoms with Gasteiger partial charge in [-0.15, -0.1) is 0 Å². The van der Waals surface area contributed by atoms with Crippen LogP contribution in [-0.4, -0.2) is 11.6 Å². The van der Waals surface area contributed by atoms with Crippen molar-refractivity contribution in [2.75, 3.05) is 0 Å². The van der Waals surface area contributed by atoms with E-state index in [1.54, 1.807) is 24.3 Å². The Bertz CT molecular complexity index is 653. The molecule has 0 unspecified atom stereocenters.